The highest BCUT2D eigenvalue weighted by atomic mass is 16.5. The number of hydrogen-bond donors (Lipinski definition) is 1. The zero-order valence-electron chi connectivity index (χ0n) is 10.7. The van der Waals surface area contributed by atoms with Crippen LogP contribution in [0.5, 0.6) is 6.01 Å². The highest BCUT2D eigenvalue weighted by Crippen LogP contribution is 2.15. The number of anilines is 1. The molecule has 0 aliphatic rings. The zero-order valence-corrected chi connectivity index (χ0v) is 10.7. The fraction of sp³-hybridized carbons (Fsp3) is 0.214. The van der Waals surface area contributed by atoms with Gasteiger partial charge < -0.3 is 10.1 Å². The van der Waals surface area contributed by atoms with Gasteiger partial charge in [-0.3, -0.25) is 4.79 Å². The summed E-state index contributed by atoms with van der Waals surface area (Å²) < 4.78 is 5.18. The minimum Gasteiger partial charge on any atom is -0.453 e. The Morgan fingerprint density at radius 1 is 1.21 bits per heavy atom. The van der Waals surface area contributed by atoms with E-state index in [1.165, 1.54) is 0 Å². The summed E-state index contributed by atoms with van der Waals surface area (Å²) in [5.41, 5.74) is 1.90. The van der Waals surface area contributed by atoms with Crippen LogP contribution >= 0.6 is 0 Å². The lowest BCUT2D eigenvalue weighted by atomic mass is 10.1. The number of benzene rings is 1. The fourth-order valence-electron chi connectivity index (χ4n) is 1.63. The molecule has 1 N–H and O–H groups in total. The first kappa shape index (κ1) is 13.0. The van der Waals surface area contributed by atoms with Crippen molar-refractivity contribution in [2.24, 2.45) is 0 Å². The lowest BCUT2D eigenvalue weighted by molar-refractivity contribution is -0.118. The Morgan fingerprint density at radius 2 is 1.95 bits per heavy atom. The predicted octanol–water partition coefficient (Wildman–Crippen LogP) is 2.06. The smallest absolute Gasteiger partial charge is 0.316 e. The number of amides is 1. The molecule has 0 unspecified atom stereocenters. The number of carbonyl (C=O) groups is 1. The molecule has 0 saturated heterocycles. The van der Waals surface area contributed by atoms with Crippen molar-refractivity contribution in [1.29, 1.82) is 0 Å². The molecule has 0 saturated carbocycles. The van der Waals surface area contributed by atoms with E-state index in [1.807, 2.05) is 31.2 Å². The Balaban J connectivity index is 1.91. The summed E-state index contributed by atoms with van der Waals surface area (Å²) in [5.74, 6) is -0.228. The van der Waals surface area contributed by atoms with Gasteiger partial charge in [0.2, 0.25) is 0 Å². The molecular weight excluding hydrogens is 242 g/mol. The first-order valence-corrected chi connectivity index (χ1v) is 6.07. The van der Waals surface area contributed by atoms with Gasteiger partial charge >= 0.3 is 6.01 Å². The molecule has 19 heavy (non-hydrogen) atoms. The third kappa shape index (κ3) is 3.77. The first-order chi connectivity index (χ1) is 9.29. The quantitative estimate of drug-likeness (QED) is 0.890. The predicted molar refractivity (Wildman–Crippen MR) is 72.0 cm³/mol. The molecule has 0 bridgehead atoms. The lowest BCUT2D eigenvalue weighted by Crippen LogP contribution is -2.21. The van der Waals surface area contributed by atoms with Gasteiger partial charge in [-0.05, 0) is 24.1 Å². The van der Waals surface area contributed by atoms with Crippen molar-refractivity contribution in [3.8, 4) is 6.01 Å². The van der Waals surface area contributed by atoms with Crippen LogP contribution in [0, 0.1) is 0 Å². The van der Waals surface area contributed by atoms with E-state index in [0.29, 0.717) is 0 Å². The van der Waals surface area contributed by atoms with Gasteiger partial charge in [-0.25, -0.2) is 9.97 Å². The minimum atomic E-state index is -0.228. The fourth-order valence-corrected chi connectivity index (χ4v) is 1.63. The monoisotopic (exact) mass is 257 g/mol. The number of aromatic nitrogens is 2. The Labute approximate surface area is 111 Å². The number of nitrogens with one attached hydrogen (secondary N) is 1. The third-order valence-corrected chi connectivity index (χ3v) is 2.55. The van der Waals surface area contributed by atoms with E-state index in [-0.39, 0.29) is 18.5 Å². The van der Waals surface area contributed by atoms with Gasteiger partial charge in [0.05, 0.1) is 0 Å². The molecule has 1 amide bonds. The first-order valence-electron chi connectivity index (χ1n) is 6.07. The van der Waals surface area contributed by atoms with Crippen molar-refractivity contribution in [2.75, 3.05) is 11.9 Å². The number of carbonyl (C=O) groups excluding carboxylic acids is 1. The van der Waals surface area contributed by atoms with Gasteiger partial charge in [-0.15, -0.1) is 0 Å². The highest BCUT2D eigenvalue weighted by Gasteiger charge is 2.07. The maximum Gasteiger partial charge on any atom is 0.316 e. The maximum absolute atomic E-state index is 11.8. The van der Waals surface area contributed by atoms with E-state index in [9.17, 15) is 4.79 Å². The van der Waals surface area contributed by atoms with Crippen LogP contribution in [0.4, 0.5) is 5.69 Å². The number of nitrogens with zero attached hydrogens (tertiary/aromatic N) is 2. The highest BCUT2D eigenvalue weighted by molar-refractivity contribution is 5.92. The van der Waals surface area contributed by atoms with Crippen LogP contribution in [0.1, 0.15) is 12.5 Å². The van der Waals surface area contributed by atoms with Crippen LogP contribution in [-0.4, -0.2) is 22.5 Å². The largest absolute Gasteiger partial charge is 0.453 e. The van der Waals surface area contributed by atoms with Crippen LogP contribution in [0.25, 0.3) is 0 Å². The van der Waals surface area contributed by atoms with Gasteiger partial charge in [-0.1, -0.05) is 25.1 Å². The van der Waals surface area contributed by atoms with Crippen LogP contribution in [0.2, 0.25) is 0 Å². The van der Waals surface area contributed by atoms with E-state index in [1.54, 1.807) is 18.5 Å². The van der Waals surface area contributed by atoms with Crippen molar-refractivity contribution in [1.82, 2.24) is 9.97 Å². The molecule has 5 nitrogen and oxygen atoms in total. The van der Waals surface area contributed by atoms with Gasteiger partial charge in [0.15, 0.2) is 6.61 Å². The van der Waals surface area contributed by atoms with E-state index < -0.39 is 0 Å². The Morgan fingerprint density at radius 3 is 2.68 bits per heavy atom. The van der Waals surface area contributed by atoms with Crippen molar-refractivity contribution in [3.63, 3.8) is 0 Å². The third-order valence-electron chi connectivity index (χ3n) is 2.55. The molecule has 1 aromatic heterocycles. The SMILES string of the molecule is CCc1ccccc1NC(=O)COc1ncccn1. The Kier molecular flexibility index (Phi) is 4.44. The molecule has 5 heteroatoms. The molecule has 1 heterocycles. The molecule has 0 aliphatic heterocycles. The molecule has 98 valence electrons. The molecule has 0 fully saturated rings. The van der Waals surface area contributed by atoms with Gasteiger partial charge in [-0.2, -0.15) is 0 Å². The van der Waals surface area contributed by atoms with Crippen molar-refractivity contribution in [3.05, 3.63) is 48.3 Å². The summed E-state index contributed by atoms with van der Waals surface area (Å²) in [6, 6.07) is 9.57. The van der Waals surface area contributed by atoms with Crippen molar-refractivity contribution < 1.29 is 9.53 Å². The molecule has 0 atom stereocenters. The average Bonchev–Trinajstić information content (AvgIpc) is 2.47. The van der Waals surface area contributed by atoms with Crippen LogP contribution in [0.3, 0.4) is 0 Å². The Bertz CT molecular complexity index is 543. The lowest BCUT2D eigenvalue weighted by Gasteiger charge is -2.09. The van der Waals surface area contributed by atoms with Crippen LogP contribution < -0.4 is 10.1 Å². The standard InChI is InChI=1S/C14H15N3O2/c1-2-11-6-3-4-7-12(11)17-13(18)10-19-14-15-8-5-9-16-14/h3-9H,2,10H2,1H3,(H,17,18). The maximum atomic E-state index is 11.8. The second kappa shape index (κ2) is 6.49. The van der Waals surface area contributed by atoms with E-state index in [0.717, 1.165) is 17.7 Å². The second-order valence-corrected chi connectivity index (χ2v) is 3.88. The van der Waals surface area contributed by atoms with Crippen LogP contribution in [-0.2, 0) is 11.2 Å². The summed E-state index contributed by atoms with van der Waals surface area (Å²) in [4.78, 5) is 19.5. The van der Waals surface area contributed by atoms with Crippen LogP contribution in [0.15, 0.2) is 42.7 Å². The zero-order chi connectivity index (χ0) is 13.5. The van der Waals surface area contributed by atoms with E-state index in [2.05, 4.69) is 15.3 Å². The Hall–Kier alpha value is -2.43. The molecule has 2 rings (SSSR count). The number of rotatable bonds is 5. The van der Waals surface area contributed by atoms with Gasteiger partial charge in [0.25, 0.3) is 5.91 Å². The summed E-state index contributed by atoms with van der Waals surface area (Å²) in [6.07, 6.45) is 3.98. The van der Waals surface area contributed by atoms with E-state index in [4.69, 9.17) is 4.74 Å². The number of para-hydroxylation sites is 1. The van der Waals surface area contributed by atoms with Crippen molar-refractivity contribution >= 4 is 11.6 Å². The normalized spacial score (nSPS) is 9.95. The topological polar surface area (TPSA) is 64.1 Å². The molecule has 0 radical (unpaired) electrons. The summed E-state index contributed by atoms with van der Waals surface area (Å²) in [5, 5.41) is 2.81. The van der Waals surface area contributed by atoms with Gasteiger partial charge in [0, 0.05) is 18.1 Å². The number of ether oxygens (including phenoxy) is 1. The second-order valence-electron chi connectivity index (χ2n) is 3.88. The van der Waals surface area contributed by atoms with Crippen molar-refractivity contribution in [2.45, 2.75) is 13.3 Å². The molecular formula is C14H15N3O2. The summed E-state index contributed by atoms with van der Waals surface area (Å²) >= 11 is 0. The number of hydrogen-bond acceptors (Lipinski definition) is 4. The minimum absolute atomic E-state index is 0.109. The average molecular weight is 257 g/mol. The summed E-state index contributed by atoms with van der Waals surface area (Å²) in [7, 11) is 0. The van der Waals surface area contributed by atoms with E-state index >= 15 is 0 Å². The number of aryl methyl sites for hydroxylation is 1. The molecule has 0 spiro atoms. The summed E-state index contributed by atoms with van der Waals surface area (Å²) in [6.45, 7) is 1.93. The molecule has 0 aliphatic carbocycles. The van der Waals surface area contributed by atoms with Gasteiger partial charge in [0.1, 0.15) is 0 Å². The molecule has 1 aromatic carbocycles. The molecule has 2 aromatic rings.